The Kier molecular flexibility index (Phi) is 4.85. The van der Waals surface area contributed by atoms with Gasteiger partial charge in [-0.05, 0) is 24.3 Å². The minimum atomic E-state index is -0.765. The molecule has 1 amide bonds. The van der Waals surface area contributed by atoms with Crippen LogP contribution in [-0.4, -0.2) is 15.9 Å². The molecule has 1 heterocycles. The third-order valence-corrected chi connectivity index (χ3v) is 3.28. The van der Waals surface area contributed by atoms with Gasteiger partial charge in [-0.25, -0.2) is 18.7 Å². The predicted octanol–water partition coefficient (Wildman–Crippen LogP) is 3.78. The Morgan fingerprint density at radius 1 is 1.08 bits per heavy atom. The first-order chi connectivity index (χ1) is 12.5. The van der Waals surface area contributed by atoms with E-state index in [1.165, 1.54) is 36.9 Å². The van der Waals surface area contributed by atoms with E-state index >= 15 is 0 Å². The van der Waals surface area contributed by atoms with Gasteiger partial charge in [0.05, 0.1) is 18.0 Å². The first-order valence-electron chi connectivity index (χ1n) is 7.36. The van der Waals surface area contributed by atoms with Crippen LogP contribution >= 0.6 is 0 Å². The maximum absolute atomic E-state index is 13.9. The van der Waals surface area contributed by atoms with Crippen molar-refractivity contribution >= 4 is 11.6 Å². The molecule has 0 bridgehead atoms. The highest BCUT2D eigenvalue weighted by molar-refractivity contribution is 6.04. The molecule has 1 N–H and O–H groups in total. The maximum atomic E-state index is 13.9. The van der Waals surface area contributed by atoms with Crippen molar-refractivity contribution in [3.8, 4) is 23.8 Å². The smallest absolute Gasteiger partial charge is 0.258 e. The van der Waals surface area contributed by atoms with E-state index in [4.69, 9.17) is 11.2 Å². The van der Waals surface area contributed by atoms with Crippen LogP contribution in [0.25, 0.3) is 0 Å². The first-order valence-corrected chi connectivity index (χ1v) is 7.36. The second-order valence-electron chi connectivity index (χ2n) is 5.14. The van der Waals surface area contributed by atoms with E-state index in [2.05, 4.69) is 21.2 Å². The van der Waals surface area contributed by atoms with Gasteiger partial charge < -0.3 is 10.1 Å². The summed E-state index contributed by atoms with van der Waals surface area (Å²) in [5, 5.41) is 2.42. The van der Waals surface area contributed by atoms with Crippen LogP contribution in [-0.2, 0) is 0 Å². The van der Waals surface area contributed by atoms with Crippen molar-refractivity contribution in [1.29, 1.82) is 0 Å². The Balaban J connectivity index is 1.84. The van der Waals surface area contributed by atoms with Crippen molar-refractivity contribution in [2.24, 2.45) is 0 Å². The molecule has 3 aromatic rings. The number of halogens is 2. The van der Waals surface area contributed by atoms with Crippen molar-refractivity contribution < 1.29 is 18.3 Å². The summed E-state index contributed by atoms with van der Waals surface area (Å²) in [6.07, 6.45) is 9.38. The number of amides is 1. The van der Waals surface area contributed by atoms with E-state index < -0.39 is 17.5 Å². The number of terminal acetylenes is 1. The molecule has 0 saturated heterocycles. The fourth-order valence-electron chi connectivity index (χ4n) is 2.16. The van der Waals surface area contributed by atoms with Crippen LogP contribution in [0.1, 0.15) is 15.9 Å². The minimum absolute atomic E-state index is 0.0901. The molecule has 0 atom stereocenters. The number of ether oxygens (including phenoxy) is 1. The standard InChI is InChI=1S/C19H11F2N3O2/c1-2-12-3-4-18(21)17(5-12)19(25)24-14-6-13(20)7-15(8-14)26-16-9-22-11-23-10-16/h1,3-11H,(H,24,25). The third-order valence-electron chi connectivity index (χ3n) is 3.28. The van der Waals surface area contributed by atoms with Crippen LogP contribution in [0, 0.1) is 24.0 Å². The number of aromatic nitrogens is 2. The normalized spacial score (nSPS) is 10.0. The molecule has 0 aliphatic rings. The van der Waals surface area contributed by atoms with Gasteiger partial charge >= 0.3 is 0 Å². The average Bonchev–Trinajstić information content (AvgIpc) is 2.62. The van der Waals surface area contributed by atoms with Gasteiger partial charge in [0.2, 0.25) is 0 Å². The SMILES string of the molecule is C#Cc1ccc(F)c(C(=O)Nc2cc(F)cc(Oc3cncnc3)c2)c1. The van der Waals surface area contributed by atoms with E-state index in [1.54, 1.807) is 0 Å². The van der Waals surface area contributed by atoms with Crippen LogP contribution in [0.4, 0.5) is 14.5 Å². The number of rotatable bonds is 4. The zero-order chi connectivity index (χ0) is 18.5. The summed E-state index contributed by atoms with van der Waals surface area (Å²) in [6, 6.07) is 7.30. The molecule has 3 rings (SSSR count). The van der Waals surface area contributed by atoms with Crippen molar-refractivity contribution in [2.75, 3.05) is 5.32 Å². The van der Waals surface area contributed by atoms with Crippen LogP contribution in [0.5, 0.6) is 11.5 Å². The van der Waals surface area contributed by atoms with E-state index in [1.807, 2.05) is 0 Å². The third kappa shape index (κ3) is 3.99. The maximum Gasteiger partial charge on any atom is 0.258 e. The van der Waals surface area contributed by atoms with Crippen LogP contribution in [0.3, 0.4) is 0 Å². The van der Waals surface area contributed by atoms with Crippen LogP contribution in [0.15, 0.2) is 55.1 Å². The Labute approximate surface area is 147 Å². The Morgan fingerprint density at radius 3 is 2.58 bits per heavy atom. The molecule has 0 fully saturated rings. The Hall–Kier alpha value is -3.79. The lowest BCUT2D eigenvalue weighted by Crippen LogP contribution is -2.14. The number of benzene rings is 2. The molecule has 0 aliphatic carbocycles. The van der Waals surface area contributed by atoms with Crippen molar-refractivity contribution in [1.82, 2.24) is 9.97 Å². The fraction of sp³-hybridized carbons (Fsp3) is 0. The Morgan fingerprint density at radius 2 is 1.85 bits per heavy atom. The van der Waals surface area contributed by atoms with Gasteiger partial charge in [-0.3, -0.25) is 4.79 Å². The molecule has 128 valence electrons. The van der Waals surface area contributed by atoms with Gasteiger partial charge in [0.1, 0.15) is 23.7 Å². The monoisotopic (exact) mass is 351 g/mol. The molecule has 7 heteroatoms. The number of nitrogens with zero attached hydrogens (tertiary/aromatic N) is 2. The molecular formula is C19H11F2N3O2. The number of anilines is 1. The molecule has 2 aromatic carbocycles. The van der Waals surface area contributed by atoms with E-state index in [0.717, 1.165) is 18.2 Å². The summed E-state index contributed by atoms with van der Waals surface area (Å²) in [6.45, 7) is 0. The number of carbonyl (C=O) groups is 1. The first kappa shape index (κ1) is 17.0. The lowest BCUT2D eigenvalue weighted by Gasteiger charge is -2.10. The zero-order valence-corrected chi connectivity index (χ0v) is 13.2. The zero-order valence-electron chi connectivity index (χ0n) is 13.2. The summed E-state index contributed by atoms with van der Waals surface area (Å²) in [5.41, 5.74) is 0.194. The number of nitrogens with one attached hydrogen (secondary N) is 1. The molecule has 5 nitrogen and oxygen atoms in total. The molecule has 0 spiro atoms. The van der Waals surface area contributed by atoms with E-state index in [9.17, 15) is 13.6 Å². The number of hydrogen-bond donors (Lipinski definition) is 1. The second-order valence-corrected chi connectivity index (χ2v) is 5.14. The largest absolute Gasteiger partial charge is 0.454 e. The summed E-state index contributed by atoms with van der Waals surface area (Å²) in [4.78, 5) is 19.8. The highest BCUT2D eigenvalue weighted by atomic mass is 19.1. The number of hydrogen-bond acceptors (Lipinski definition) is 4. The number of carbonyl (C=O) groups excluding carboxylic acids is 1. The van der Waals surface area contributed by atoms with Crippen molar-refractivity contribution in [2.45, 2.75) is 0 Å². The quantitative estimate of drug-likeness (QED) is 0.727. The highest BCUT2D eigenvalue weighted by Gasteiger charge is 2.14. The van der Waals surface area contributed by atoms with Gasteiger partial charge in [0, 0.05) is 23.4 Å². The molecule has 1 aromatic heterocycles. The topological polar surface area (TPSA) is 64.1 Å². The summed E-state index contributed by atoms with van der Waals surface area (Å²) < 4.78 is 33.1. The summed E-state index contributed by atoms with van der Waals surface area (Å²) >= 11 is 0. The molecule has 0 aliphatic heterocycles. The van der Waals surface area contributed by atoms with Crippen LogP contribution in [0.2, 0.25) is 0 Å². The molecular weight excluding hydrogens is 340 g/mol. The van der Waals surface area contributed by atoms with Crippen LogP contribution < -0.4 is 10.1 Å². The highest BCUT2D eigenvalue weighted by Crippen LogP contribution is 2.25. The molecule has 0 radical (unpaired) electrons. The van der Waals surface area contributed by atoms with Gasteiger partial charge in [-0.1, -0.05) is 5.92 Å². The van der Waals surface area contributed by atoms with Crippen molar-refractivity contribution in [3.63, 3.8) is 0 Å². The van der Waals surface area contributed by atoms with E-state index in [0.29, 0.717) is 11.3 Å². The second kappa shape index (κ2) is 7.40. The van der Waals surface area contributed by atoms with E-state index in [-0.39, 0.29) is 17.0 Å². The molecule has 26 heavy (non-hydrogen) atoms. The molecule has 0 unspecified atom stereocenters. The Bertz CT molecular complexity index is 1000. The average molecular weight is 351 g/mol. The van der Waals surface area contributed by atoms with Gasteiger partial charge in [-0.2, -0.15) is 0 Å². The lowest BCUT2D eigenvalue weighted by molar-refractivity contribution is 0.102. The fourth-order valence-corrected chi connectivity index (χ4v) is 2.16. The van der Waals surface area contributed by atoms with Gasteiger partial charge in [0.15, 0.2) is 5.75 Å². The minimum Gasteiger partial charge on any atom is -0.454 e. The van der Waals surface area contributed by atoms with Crippen molar-refractivity contribution in [3.05, 3.63) is 77.9 Å². The van der Waals surface area contributed by atoms with Gasteiger partial charge in [-0.15, -0.1) is 6.42 Å². The summed E-state index contributed by atoms with van der Waals surface area (Å²) in [5.74, 6) is 0.583. The summed E-state index contributed by atoms with van der Waals surface area (Å²) in [7, 11) is 0. The predicted molar refractivity (Wildman–Crippen MR) is 90.8 cm³/mol. The lowest BCUT2D eigenvalue weighted by atomic mass is 10.1. The molecule has 0 saturated carbocycles. The van der Waals surface area contributed by atoms with Gasteiger partial charge in [0.25, 0.3) is 5.91 Å².